The Morgan fingerprint density at radius 3 is 2.48 bits per heavy atom. The highest BCUT2D eigenvalue weighted by molar-refractivity contribution is 14.1. The number of aliphatic carboxylic acids is 1. The zero-order valence-electron chi connectivity index (χ0n) is 14.0. The second-order valence-electron chi connectivity index (χ2n) is 5.21. The number of amides is 2. The van der Waals surface area contributed by atoms with Gasteiger partial charge in [0.1, 0.15) is 5.75 Å². The summed E-state index contributed by atoms with van der Waals surface area (Å²) in [5.41, 5.74) is 3.49. The Hall–Kier alpha value is -2.95. The molecule has 0 radical (unpaired) electrons. The van der Waals surface area contributed by atoms with Gasteiger partial charge in [0.2, 0.25) is 0 Å². The van der Waals surface area contributed by atoms with Crippen LogP contribution in [0.15, 0.2) is 53.6 Å². The van der Waals surface area contributed by atoms with Gasteiger partial charge in [-0.25, -0.2) is 10.2 Å². The number of carboxylic acids is 1. The highest BCUT2D eigenvalue weighted by atomic mass is 127. The first-order valence-electron chi connectivity index (χ1n) is 7.75. The van der Waals surface area contributed by atoms with E-state index in [0.717, 1.165) is 3.57 Å². The third-order valence-electron chi connectivity index (χ3n) is 3.17. The predicted octanol–water partition coefficient (Wildman–Crippen LogP) is 1.63. The number of ether oxygens (including phenoxy) is 1. The molecule has 2 aromatic rings. The molecule has 0 aliphatic rings. The van der Waals surface area contributed by atoms with Gasteiger partial charge >= 0.3 is 5.97 Å². The van der Waals surface area contributed by atoms with E-state index in [1.165, 1.54) is 6.21 Å². The molecule has 0 heterocycles. The third-order valence-corrected chi connectivity index (χ3v) is 4.11. The smallest absolute Gasteiger partial charge is 0.341 e. The fourth-order valence-corrected chi connectivity index (χ4v) is 2.55. The van der Waals surface area contributed by atoms with Crippen LogP contribution in [-0.2, 0) is 9.59 Å². The quantitative estimate of drug-likeness (QED) is 0.301. The van der Waals surface area contributed by atoms with Gasteiger partial charge in [0.05, 0.1) is 18.3 Å². The lowest BCUT2D eigenvalue weighted by atomic mass is 10.2. The lowest BCUT2D eigenvalue weighted by molar-refractivity contribution is -0.139. The number of hydrogen-bond donors (Lipinski definition) is 3. The molecule has 3 N–H and O–H groups in total. The molecular formula is C18H16IN3O5. The van der Waals surface area contributed by atoms with E-state index < -0.39 is 18.5 Å². The summed E-state index contributed by atoms with van der Waals surface area (Å²) < 4.78 is 5.80. The molecule has 0 saturated heterocycles. The Bertz CT molecular complexity index is 852. The van der Waals surface area contributed by atoms with Crippen molar-refractivity contribution in [2.45, 2.75) is 0 Å². The number of nitrogens with zero attached hydrogens (tertiary/aromatic N) is 1. The van der Waals surface area contributed by atoms with E-state index in [2.05, 4.69) is 15.8 Å². The lowest BCUT2D eigenvalue weighted by Crippen LogP contribution is -2.35. The van der Waals surface area contributed by atoms with E-state index >= 15 is 0 Å². The van der Waals surface area contributed by atoms with Crippen molar-refractivity contribution < 1.29 is 24.2 Å². The van der Waals surface area contributed by atoms with Gasteiger partial charge in [-0.05, 0) is 64.6 Å². The highest BCUT2D eigenvalue weighted by Crippen LogP contribution is 2.11. The Morgan fingerprint density at radius 2 is 1.81 bits per heavy atom. The van der Waals surface area contributed by atoms with Crippen molar-refractivity contribution >= 4 is 46.6 Å². The van der Waals surface area contributed by atoms with Crippen molar-refractivity contribution in [3.63, 3.8) is 0 Å². The number of carbonyl (C=O) groups is 3. The largest absolute Gasteiger partial charge is 0.482 e. The summed E-state index contributed by atoms with van der Waals surface area (Å²) in [5, 5.41) is 14.9. The maximum absolute atomic E-state index is 12.0. The maximum Gasteiger partial charge on any atom is 0.341 e. The average Bonchev–Trinajstić information content (AvgIpc) is 2.66. The molecule has 0 atom stereocenters. The Kier molecular flexibility index (Phi) is 7.74. The van der Waals surface area contributed by atoms with Crippen molar-refractivity contribution in [2.24, 2.45) is 5.10 Å². The monoisotopic (exact) mass is 481 g/mol. The molecule has 0 spiro atoms. The van der Waals surface area contributed by atoms with Gasteiger partial charge in [-0.1, -0.05) is 12.1 Å². The maximum atomic E-state index is 12.0. The SMILES string of the molecule is O=C(O)COc1ccc(/C=N\NC(=O)CNC(=O)c2ccccc2I)cc1. The van der Waals surface area contributed by atoms with Gasteiger partial charge in [0.25, 0.3) is 11.8 Å². The van der Waals surface area contributed by atoms with Crippen molar-refractivity contribution in [2.75, 3.05) is 13.2 Å². The highest BCUT2D eigenvalue weighted by Gasteiger charge is 2.10. The summed E-state index contributed by atoms with van der Waals surface area (Å²) in [6, 6.07) is 13.6. The van der Waals surface area contributed by atoms with Crippen LogP contribution in [0.3, 0.4) is 0 Å². The molecule has 27 heavy (non-hydrogen) atoms. The van der Waals surface area contributed by atoms with Crippen LogP contribution in [0.1, 0.15) is 15.9 Å². The Morgan fingerprint density at radius 1 is 1.11 bits per heavy atom. The van der Waals surface area contributed by atoms with Crippen LogP contribution >= 0.6 is 22.6 Å². The zero-order chi connectivity index (χ0) is 19.6. The fraction of sp³-hybridized carbons (Fsp3) is 0.111. The van der Waals surface area contributed by atoms with Gasteiger partial charge in [0.15, 0.2) is 6.61 Å². The molecule has 0 bridgehead atoms. The molecule has 2 amide bonds. The number of rotatable bonds is 8. The van der Waals surface area contributed by atoms with Crippen molar-refractivity contribution in [3.8, 4) is 5.75 Å². The van der Waals surface area contributed by atoms with Crippen LogP contribution < -0.4 is 15.5 Å². The number of hydrogen-bond acceptors (Lipinski definition) is 5. The predicted molar refractivity (Wildman–Crippen MR) is 107 cm³/mol. The van der Waals surface area contributed by atoms with Gasteiger partial charge in [0, 0.05) is 3.57 Å². The topological polar surface area (TPSA) is 117 Å². The molecule has 9 heteroatoms. The average molecular weight is 481 g/mol. The number of halogens is 1. The van der Waals surface area contributed by atoms with Crippen molar-refractivity contribution in [1.29, 1.82) is 0 Å². The van der Waals surface area contributed by atoms with Crippen LogP contribution in [0, 0.1) is 3.57 Å². The minimum Gasteiger partial charge on any atom is -0.482 e. The Balaban J connectivity index is 1.77. The molecule has 0 aromatic heterocycles. The molecule has 2 aromatic carbocycles. The van der Waals surface area contributed by atoms with Crippen molar-refractivity contribution in [1.82, 2.24) is 10.7 Å². The minimum absolute atomic E-state index is 0.205. The molecule has 2 rings (SSSR count). The summed E-state index contributed by atoms with van der Waals surface area (Å²) >= 11 is 2.05. The zero-order valence-corrected chi connectivity index (χ0v) is 16.2. The number of benzene rings is 2. The van der Waals surface area contributed by atoms with Gasteiger partial charge in [-0.3, -0.25) is 9.59 Å². The molecule has 0 fully saturated rings. The van der Waals surface area contributed by atoms with E-state index in [0.29, 0.717) is 16.9 Å². The fourth-order valence-electron chi connectivity index (χ4n) is 1.91. The number of nitrogens with one attached hydrogen (secondary N) is 2. The van der Waals surface area contributed by atoms with Crippen LogP contribution in [0.2, 0.25) is 0 Å². The van der Waals surface area contributed by atoms with E-state index in [4.69, 9.17) is 9.84 Å². The molecule has 0 aliphatic carbocycles. The normalized spacial score (nSPS) is 10.4. The standard InChI is InChI=1S/C18H16IN3O5/c19-15-4-2-1-3-14(15)18(26)20-10-16(23)22-21-9-12-5-7-13(8-6-12)27-11-17(24)25/h1-9H,10-11H2,(H,20,26)(H,22,23)(H,24,25)/b21-9-. The summed E-state index contributed by atoms with van der Waals surface area (Å²) in [6.45, 7) is -0.625. The minimum atomic E-state index is -1.06. The third kappa shape index (κ3) is 7.05. The van der Waals surface area contributed by atoms with Crippen LogP contribution in [0.5, 0.6) is 5.75 Å². The number of hydrazone groups is 1. The lowest BCUT2D eigenvalue weighted by Gasteiger charge is -2.06. The second-order valence-corrected chi connectivity index (χ2v) is 6.37. The number of carbonyl (C=O) groups excluding carboxylic acids is 2. The summed E-state index contributed by atoms with van der Waals surface area (Å²) in [6.07, 6.45) is 1.42. The molecule has 0 aliphatic heterocycles. The van der Waals surface area contributed by atoms with Gasteiger partial charge in [-0.15, -0.1) is 0 Å². The molecule has 8 nitrogen and oxygen atoms in total. The first kappa shape index (κ1) is 20.4. The molecule has 0 unspecified atom stereocenters. The molecule has 140 valence electrons. The Labute approximate surface area is 168 Å². The first-order chi connectivity index (χ1) is 13.0. The summed E-state index contributed by atoms with van der Waals surface area (Å²) in [5.74, 6) is -1.45. The molecule has 0 saturated carbocycles. The van der Waals surface area contributed by atoms with E-state index in [-0.39, 0.29) is 12.5 Å². The van der Waals surface area contributed by atoms with E-state index in [1.54, 1.807) is 42.5 Å². The second kappa shape index (κ2) is 10.3. The van der Waals surface area contributed by atoms with Gasteiger partial charge in [-0.2, -0.15) is 5.10 Å². The first-order valence-corrected chi connectivity index (χ1v) is 8.83. The van der Waals surface area contributed by atoms with Crippen LogP contribution in [0.4, 0.5) is 0 Å². The summed E-state index contributed by atoms with van der Waals surface area (Å²) in [7, 11) is 0. The molecular weight excluding hydrogens is 465 g/mol. The van der Waals surface area contributed by atoms with E-state index in [9.17, 15) is 14.4 Å². The summed E-state index contributed by atoms with van der Waals surface area (Å²) in [4.78, 5) is 34.2. The van der Waals surface area contributed by atoms with Crippen LogP contribution in [-0.4, -0.2) is 42.3 Å². The number of carboxylic acid groups (broad SMARTS) is 1. The van der Waals surface area contributed by atoms with E-state index in [1.807, 2.05) is 28.7 Å². The van der Waals surface area contributed by atoms with Crippen LogP contribution in [0.25, 0.3) is 0 Å². The van der Waals surface area contributed by atoms with Gasteiger partial charge < -0.3 is 15.2 Å². The van der Waals surface area contributed by atoms with Crippen molar-refractivity contribution in [3.05, 3.63) is 63.2 Å².